The minimum Gasteiger partial charge on any atom is -0.493 e. The van der Waals surface area contributed by atoms with E-state index in [0.29, 0.717) is 0 Å². The lowest BCUT2D eigenvalue weighted by molar-refractivity contribution is 0.354. The molecule has 3 aromatic rings. The minimum atomic E-state index is 0.0164. The number of nitrogens with two attached hydrogens (primary N) is 1. The van der Waals surface area contributed by atoms with Crippen LogP contribution in [0.25, 0.3) is 10.8 Å². The van der Waals surface area contributed by atoms with Crippen LogP contribution in [0.2, 0.25) is 0 Å². The first-order valence-corrected chi connectivity index (χ1v) is 8.16. The van der Waals surface area contributed by atoms with Crippen molar-refractivity contribution in [2.24, 2.45) is 5.73 Å². The fraction of sp³-hybridized carbons (Fsp3) is 0.238. The first-order valence-electron chi connectivity index (χ1n) is 8.16. The zero-order chi connectivity index (χ0) is 16.9. The van der Waals surface area contributed by atoms with Crippen LogP contribution >= 0.6 is 0 Å². The van der Waals surface area contributed by atoms with Gasteiger partial charge in [0.15, 0.2) is 11.5 Å². The molecule has 3 nitrogen and oxygen atoms in total. The third-order valence-electron chi connectivity index (χ3n) is 4.39. The molecule has 0 heterocycles. The molecule has 3 rings (SSSR count). The summed E-state index contributed by atoms with van der Waals surface area (Å²) in [5, 5.41) is 2.48. The Kier molecular flexibility index (Phi) is 5.02. The Labute approximate surface area is 143 Å². The summed E-state index contributed by atoms with van der Waals surface area (Å²) < 4.78 is 10.6. The summed E-state index contributed by atoms with van der Waals surface area (Å²) in [6.45, 7) is 0. The van der Waals surface area contributed by atoms with Crippen LogP contribution in [0.15, 0.2) is 60.7 Å². The highest BCUT2D eigenvalue weighted by Crippen LogP contribution is 2.29. The Hall–Kier alpha value is -2.52. The smallest absolute Gasteiger partial charge is 0.160 e. The largest absolute Gasteiger partial charge is 0.493 e. The number of methoxy groups -OCH3 is 2. The van der Waals surface area contributed by atoms with Crippen molar-refractivity contribution in [1.82, 2.24) is 0 Å². The molecule has 0 saturated carbocycles. The third-order valence-corrected chi connectivity index (χ3v) is 4.39. The molecule has 0 spiro atoms. The van der Waals surface area contributed by atoms with Crippen molar-refractivity contribution in [1.29, 1.82) is 0 Å². The van der Waals surface area contributed by atoms with Crippen molar-refractivity contribution < 1.29 is 9.47 Å². The van der Waals surface area contributed by atoms with E-state index in [2.05, 4.69) is 48.5 Å². The molecule has 0 aliphatic heterocycles. The van der Waals surface area contributed by atoms with E-state index >= 15 is 0 Å². The van der Waals surface area contributed by atoms with Crippen molar-refractivity contribution in [3.63, 3.8) is 0 Å². The number of hydrogen-bond donors (Lipinski definition) is 1. The summed E-state index contributed by atoms with van der Waals surface area (Å²) in [6, 6.07) is 20.9. The number of benzene rings is 3. The zero-order valence-electron chi connectivity index (χ0n) is 14.2. The van der Waals surface area contributed by atoms with E-state index in [1.807, 2.05) is 12.1 Å². The Morgan fingerprint density at radius 3 is 2.33 bits per heavy atom. The number of fused-ring (bicyclic) bond motifs is 1. The van der Waals surface area contributed by atoms with E-state index in [1.54, 1.807) is 14.2 Å². The van der Waals surface area contributed by atoms with Gasteiger partial charge in [0, 0.05) is 6.04 Å². The zero-order valence-corrected chi connectivity index (χ0v) is 14.2. The maximum atomic E-state index is 6.40. The van der Waals surface area contributed by atoms with Gasteiger partial charge in [0.1, 0.15) is 0 Å². The van der Waals surface area contributed by atoms with Gasteiger partial charge in [-0.05, 0) is 52.9 Å². The van der Waals surface area contributed by atoms with Gasteiger partial charge in [-0.3, -0.25) is 0 Å². The molecule has 124 valence electrons. The van der Waals surface area contributed by atoms with E-state index in [1.165, 1.54) is 21.9 Å². The first kappa shape index (κ1) is 16.3. The molecule has 1 atom stereocenters. The number of rotatable bonds is 6. The first-order chi connectivity index (χ1) is 11.7. The van der Waals surface area contributed by atoms with Crippen LogP contribution in [0.1, 0.15) is 23.6 Å². The molecule has 0 radical (unpaired) electrons. The average molecular weight is 321 g/mol. The molecule has 0 fully saturated rings. The van der Waals surface area contributed by atoms with E-state index in [-0.39, 0.29) is 6.04 Å². The highest BCUT2D eigenvalue weighted by Gasteiger charge is 2.09. The molecular weight excluding hydrogens is 298 g/mol. The van der Waals surface area contributed by atoms with Crippen molar-refractivity contribution in [2.75, 3.05) is 14.2 Å². The molecule has 3 aromatic carbocycles. The molecule has 0 saturated heterocycles. The molecule has 0 aromatic heterocycles. The Bertz CT molecular complexity index is 829. The lowest BCUT2D eigenvalue weighted by atomic mass is 9.97. The summed E-state index contributed by atoms with van der Waals surface area (Å²) in [6.07, 6.45) is 1.78. The topological polar surface area (TPSA) is 44.5 Å². The second-order valence-corrected chi connectivity index (χ2v) is 5.94. The second-order valence-electron chi connectivity index (χ2n) is 5.94. The van der Waals surface area contributed by atoms with Gasteiger partial charge in [0.05, 0.1) is 14.2 Å². The standard InChI is InChI=1S/C21H23NO2/c1-23-20-12-8-15(13-21(20)24-2)7-11-19(22)18-10-9-16-5-3-4-6-17(16)14-18/h3-6,8-10,12-14,19H,7,11,22H2,1-2H3. The van der Waals surface area contributed by atoms with Crippen molar-refractivity contribution in [3.8, 4) is 11.5 Å². The Morgan fingerprint density at radius 2 is 1.58 bits per heavy atom. The minimum absolute atomic E-state index is 0.0164. The lowest BCUT2D eigenvalue weighted by Crippen LogP contribution is -2.11. The van der Waals surface area contributed by atoms with Gasteiger partial charge >= 0.3 is 0 Å². The maximum Gasteiger partial charge on any atom is 0.160 e. The number of hydrogen-bond acceptors (Lipinski definition) is 3. The third kappa shape index (κ3) is 3.52. The lowest BCUT2D eigenvalue weighted by Gasteiger charge is -2.14. The monoisotopic (exact) mass is 321 g/mol. The molecular formula is C21H23NO2. The van der Waals surface area contributed by atoms with Gasteiger partial charge in [0.25, 0.3) is 0 Å². The maximum absolute atomic E-state index is 6.40. The van der Waals surface area contributed by atoms with Crippen LogP contribution in [-0.4, -0.2) is 14.2 Å². The quantitative estimate of drug-likeness (QED) is 0.727. The van der Waals surface area contributed by atoms with E-state index in [9.17, 15) is 0 Å². The summed E-state index contributed by atoms with van der Waals surface area (Å²) in [7, 11) is 3.30. The van der Waals surface area contributed by atoms with Crippen molar-refractivity contribution >= 4 is 10.8 Å². The molecule has 0 aliphatic rings. The second kappa shape index (κ2) is 7.37. The average Bonchev–Trinajstić information content (AvgIpc) is 2.65. The van der Waals surface area contributed by atoms with Gasteiger partial charge in [-0.25, -0.2) is 0 Å². The van der Waals surface area contributed by atoms with Gasteiger partial charge in [0.2, 0.25) is 0 Å². The highest BCUT2D eigenvalue weighted by atomic mass is 16.5. The molecule has 24 heavy (non-hydrogen) atoms. The Morgan fingerprint density at radius 1 is 0.833 bits per heavy atom. The Balaban J connectivity index is 1.71. The SMILES string of the molecule is COc1ccc(CCC(N)c2ccc3ccccc3c2)cc1OC. The van der Waals surface area contributed by atoms with Crippen molar-refractivity contribution in [2.45, 2.75) is 18.9 Å². The normalized spacial score (nSPS) is 12.1. The number of ether oxygens (including phenoxy) is 2. The summed E-state index contributed by atoms with van der Waals surface area (Å²) in [5.41, 5.74) is 8.78. The summed E-state index contributed by atoms with van der Waals surface area (Å²) in [5.74, 6) is 1.51. The number of aryl methyl sites for hydroxylation is 1. The molecule has 0 amide bonds. The predicted molar refractivity (Wildman–Crippen MR) is 98.7 cm³/mol. The molecule has 1 unspecified atom stereocenters. The molecule has 3 heteroatoms. The van der Waals surface area contributed by atoms with Crippen LogP contribution in [0, 0.1) is 0 Å². The van der Waals surface area contributed by atoms with Crippen LogP contribution < -0.4 is 15.2 Å². The van der Waals surface area contributed by atoms with Crippen LogP contribution in [0.4, 0.5) is 0 Å². The highest BCUT2D eigenvalue weighted by molar-refractivity contribution is 5.83. The fourth-order valence-corrected chi connectivity index (χ4v) is 2.96. The fourth-order valence-electron chi connectivity index (χ4n) is 2.96. The van der Waals surface area contributed by atoms with Crippen molar-refractivity contribution in [3.05, 3.63) is 71.8 Å². The van der Waals surface area contributed by atoms with Crippen LogP contribution in [-0.2, 0) is 6.42 Å². The van der Waals surface area contributed by atoms with Crippen LogP contribution in [0.3, 0.4) is 0 Å². The van der Waals surface area contributed by atoms with E-state index in [0.717, 1.165) is 24.3 Å². The predicted octanol–water partition coefficient (Wildman–Crippen LogP) is 4.49. The van der Waals surface area contributed by atoms with Gasteiger partial charge in [-0.15, -0.1) is 0 Å². The summed E-state index contributed by atoms with van der Waals surface area (Å²) >= 11 is 0. The summed E-state index contributed by atoms with van der Waals surface area (Å²) in [4.78, 5) is 0. The molecule has 2 N–H and O–H groups in total. The van der Waals surface area contributed by atoms with E-state index < -0.39 is 0 Å². The van der Waals surface area contributed by atoms with Crippen LogP contribution in [0.5, 0.6) is 11.5 Å². The van der Waals surface area contributed by atoms with Gasteiger partial charge in [-0.2, -0.15) is 0 Å². The van der Waals surface area contributed by atoms with Gasteiger partial charge in [-0.1, -0.05) is 42.5 Å². The molecule has 0 bridgehead atoms. The molecule has 0 aliphatic carbocycles. The van der Waals surface area contributed by atoms with Gasteiger partial charge < -0.3 is 15.2 Å². The van der Waals surface area contributed by atoms with E-state index in [4.69, 9.17) is 15.2 Å².